The highest BCUT2D eigenvalue weighted by atomic mass is 16.5. The molecule has 1 aromatic heterocycles. The number of nitrogen functional groups attached to an aromatic ring is 1. The largest absolute Gasteiger partial charge is 0.383 e. The minimum absolute atomic E-state index is 0.558. The molecule has 0 aliphatic carbocycles. The first kappa shape index (κ1) is 14.7. The van der Waals surface area contributed by atoms with Gasteiger partial charge in [0.15, 0.2) is 0 Å². The molecule has 1 heterocycles. The van der Waals surface area contributed by atoms with E-state index in [2.05, 4.69) is 35.6 Å². The topological polar surface area (TPSA) is 64.3 Å². The van der Waals surface area contributed by atoms with E-state index in [0.29, 0.717) is 18.3 Å². The molecule has 5 nitrogen and oxygen atoms in total. The molecule has 1 rings (SSSR count). The van der Waals surface area contributed by atoms with Crippen molar-refractivity contribution in [3.63, 3.8) is 0 Å². The Morgan fingerprint density at radius 2 is 2.11 bits per heavy atom. The zero-order valence-corrected chi connectivity index (χ0v) is 11.8. The van der Waals surface area contributed by atoms with Gasteiger partial charge in [0, 0.05) is 25.8 Å². The van der Waals surface area contributed by atoms with Crippen LogP contribution >= 0.6 is 0 Å². The molecule has 0 radical (unpaired) electrons. The van der Waals surface area contributed by atoms with Gasteiger partial charge in [-0.3, -0.25) is 0 Å². The first-order valence-corrected chi connectivity index (χ1v) is 6.43. The average molecular weight is 252 g/mol. The number of hydrogen-bond donors (Lipinski definition) is 1. The van der Waals surface area contributed by atoms with Gasteiger partial charge in [-0.1, -0.05) is 20.8 Å². The minimum atomic E-state index is 0.558. The molecule has 0 bridgehead atoms. The Labute approximate surface area is 109 Å². The van der Waals surface area contributed by atoms with Gasteiger partial charge in [0.1, 0.15) is 18.0 Å². The third-order valence-electron chi connectivity index (χ3n) is 2.76. The van der Waals surface area contributed by atoms with Gasteiger partial charge in [-0.2, -0.15) is 0 Å². The second-order valence-corrected chi connectivity index (χ2v) is 4.75. The van der Waals surface area contributed by atoms with E-state index in [9.17, 15) is 0 Å². The highest BCUT2D eigenvalue weighted by Crippen LogP contribution is 2.22. The molecule has 102 valence electrons. The number of anilines is 2. The third-order valence-corrected chi connectivity index (χ3v) is 2.76. The summed E-state index contributed by atoms with van der Waals surface area (Å²) in [4.78, 5) is 10.7. The van der Waals surface area contributed by atoms with Gasteiger partial charge in [-0.05, 0) is 12.3 Å². The predicted molar refractivity (Wildman–Crippen MR) is 74.7 cm³/mol. The molecule has 0 aromatic carbocycles. The molecule has 0 fully saturated rings. The smallest absolute Gasteiger partial charge is 0.137 e. The van der Waals surface area contributed by atoms with Crippen LogP contribution < -0.4 is 10.6 Å². The molecule has 0 atom stereocenters. The van der Waals surface area contributed by atoms with Crippen molar-refractivity contribution >= 4 is 11.6 Å². The summed E-state index contributed by atoms with van der Waals surface area (Å²) < 4.78 is 5.16. The fraction of sp³-hybridized carbons (Fsp3) is 0.692. The van der Waals surface area contributed by atoms with Crippen LogP contribution in [0.1, 0.15) is 26.3 Å². The number of nitrogens with zero attached hydrogens (tertiary/aromatic N) is 3. The molecule has 1 aromatic rings. The van der Waals surface area contributed by atoms with E-state index in [1.807, 2.05) is 0 Å². The van der Waals surface area contributed by atoms with E-state index in [1.165, 1.54) is 6.33 Å². The number of aromatic nitrogens is 2. The van der Waals surface area contributed by atoms with Crippen molar-refractivity contribution in [1.29, 1.82) is 0 Å². The molecule has 0 saturated carbocycles. The van der Waals surface area contributed by atoms with Crippen molar-refractivity contribution in [3.8, 4) is 0 Å². The summed E-state index contributed by atoms with van der Waals surface area (Å²) in [5.41, 5.74) is 6.94. The predicted octanol–water partition coefficient (Wildman–Crippen LogP) is 1.73. The summed E-state index contributed by atoms with van der Waals surface area (Å²) in [6.45, 7) is 8.89. The molecule has 5 heteroatoms. The fourth-order valence-corrected chi connectivity index (χ4v) is 1.95. The summed E-state index contributed by atoms with van der Waals surface area (Å²) >= 11 is 0. The monoisotopic (exact) mass is 252 g/mol. The van der Waals surface area contributed by atoms with Gasteiger partial charge in [0.25, 0.3) is 0 Å². The maximum Gasteiger partial charge on any atom is 0.137 e. The zero-order valence-electron chi connectivity index (χ0n) is 11.8. The maximum absolute atomic E-state index is 5.92. The van der Waals surface area contributed by atoms with E-state index in [0.717, 1.165) is 30.9 Å². The van der Waals surface area contributed by atoms with E-state index >= 15 is 0 Å². The zero-order chi connectivity index (χ0) is 13.5. The Hall–Kier alpha value is -1.36. The van der Waals surface area contributed by atoms with Crippen LogP contribution in [0.3, 0.4) is 0 Å². The molecular weight excluding hydrogens is 228 g/mol. The first-order chi connectivity index (χ1) is 8.60. The molecule has 0 aliphatic heterocycles. The summed E-state index contributed by atoms with van der Waals surface area (Å²) in [5, 5.41) is 0. The van der Waals surface area contributed by atoms with Crippen LogP contribution in [-0.4, -0.2) is 36.8 Å². The normalized spacial score (nSPS) is 10.9. The molecular formula is C13H24N4O. The van der Waals surface area contributed by atoms with E-state index in [1.54, 1.807) is 7.11 Å². The van der Waals surface area contributed by atoms with Crippen molar-refractivity contribution in [2.24, 2.45) is 5.92 Å². The van der Waals surface area contributed by atoms with Crippen LogP contribution in [0.2, 0.25) is 0 Å². The number of rotatable bonds is 7. The van der Waals surface area contributed by atoms with Crippen molar-refractivity contribution in [3.05, 3.63) is 11.9 Å². The van der Waals surface area contributed by atoms with Crippen LogP contribution in [-0.2, 0) is 11.2 Å². The molecule has 0 amide bonds. The van der Waals surface area contributed by atoms with Crippen LogP contribution in [0.15, 0.2) is 6.33 Å². The summed E-state index contributed by atoms with van der Waals surface area (Å²) in [7, 11) is 1.71. The Kier molecular flexibility index (Phi) is 5.85. The number of ether oxygens (including phenoxy) is 1. The molecule has 2 N–H and O–H groups in total. The standard InChI is InChI=1S/C13H24N4O/c1-5-11-12(14)15-9-16-13(11)17(6-7-18-4)8-10(2)3/h9-10H,5-8H2,1-4H3,(H2,14,15,16). The lowest BCUT2D eigenvalue weighted by Gasteiger charge is -2.27. The van der Waals surface area contributed by atoms with Crippen molar-refractivity contribution in [2.45, 2.75) is 27.2 Å². The quantitative estimate of drug-likeness (QED) is 0.800. The summed E-state index contributed by atoms with van der Waals surface area (Å²) in [5.74, 6) is 2.08. The lowest BCUT2D eigenvalue weighted by Crippen LogP contribution is -2.32. The highest BCUT2D eigenvalue weighted by Gasteiger charge is 2.15. The van der Waals surface area contributed by atoms with E-state index < -0.39 is 0 Å². The second kappa shape index (κ2) is 7.16. The Bertz CT molecular complexity index is 368. The van der Waals surface area contributed by atoms with Crippen LogP contribution in [0, 0.1) is 5.92 Å². The second-order valence-electron chi connectivity index (χ2n) is 4.75. The van der Waals surface area contributed by atoms with Gasteiger partial charge in [0.2, 0.25) is 0 Å². The molecule has 0 saturated heterocycles. The Morgan fingerprint density at radius 3 is 2.67 bits per heavy atom. The molecule has 18 heavy (non-hydrogen) atoms. The fourth-order valence-electron chi connectivity index (χ4n) is 1.95. The minimum Gasteiger partial charge on any atom is -0.383 e. The van der Waals surface area contributed by atoms with Gasteiger partial charge in [-0.15, -0.1) is 0 Å². The number of hydrogen-bond acceptors (Lipinski definition) is 5. The van der Waals surface area contributed by atoms with Gasteiger partial charge < -0.3 is 15.4 Å². The van der Waals surface area contributed by atoms with Gasteiger partial charge in [-0.25, -0.2) is 9.97 Å². The van der Waals surface area contributed by atoms with Crippen LogP contribution in [0.25, 0.3) is 0 Å². The lowest BCUT2D eigenvalue weighted by molar-refractivity contribution is 0.204. The van der Waals surface area contributed by atoms with Gasteiger partial charge >= 0.3 is 0 Å². The summed E-state index contributed by atoms with van der Waals surface area (Å²) in [6, 6.07) is 0. The average Bonchev–Trinajstić information content (AvgIpc) is 2.33. The van der Waals surface area contributed by atoms with Crippen LogP contribution in [0.5, 0.6) is 0 Å². The third kappa shape index (κ3) is 3.84. The van der Waals surface area contributed by atoms with Crippen LogP contribution in [0.4, 0.5) is 11.6 Å². The number of methoxy groups -OCH3 is 1. The van der Waals surface area contributed by atoms with E-state index in [4.69, 9.17) is 10.5 Å². The molecule has 0 aliphatic rings. The molecule has 0 unspecified atom stereocenters. The maximum atomic E-state index is 5.92. The van der Waals surface area contributed by atoms with Crippen molar-refractivity contribution in [1.82, 2.24) is 9.97 Å². The van der Waals surface area contributed by atoms with E-state index in [-0.39, 0.29) is 0 Å². The highest BCUT2D eigenvalue weighted by molar-refractivity contribution is 5.56. The molecule has 0 spiro atoms. The SMILES string of the molecule is CCc1c(N)ncnc1N(CCOC)CC(C)C. The van der Waals surface area contributed by atoms with Crippen molar-refractivity contribution < 1.29 is 4.74 Å². The van der Waals surface area contributed by atoms with Crippen molar-refractivity contribution in [2.75, 3.05) is 37.4 Å². The number of nitrogens with two attached hydrogens (primary N) is 1. The first-order valence-electron chi connectivity index (χ1n) is 6.43. The van der Waals surface area contributed by atoms with Gasteiger partial charge in [0.05, 0.1) is 6.61 Å². The Morgan fingerprint density at radius 1 is 1.39 bits per heavy atom. The lowest BCUT2D eigenvalue weighted by atomic mass is 10.1. The Balaban J connectivity index is 2.99. The summed E-state index contributed by atoms with van der Waals surface area (Å²) in [6.07, 6.45) is 2.37.